The summed E-state index contributed by atoms with van der Waals surface area (Å²) in [6.07, 6.45) is 7.74. The van der Waals surface area contributed by atoms with Crippen LogP contribution in [-0.4, -0.2) is 22.4 Å². The van der Waals surface area contributed by atoms with Gasteiger partial charge in [-0.25, -0.2) is 9.98 Å². The Hall–Kier alpha value is -1.58. The Balaban J connectivity index is 2.63. The van der Waals surface area contributed by atoms with E-state index in [9.17, 15) is 0 Å². The fourth-order valence-electron chi connectivity index (χ4n) is 0.595. The molecule has 0 aliphatic heterocycles. The van der Waals surface area contributed by atoms with Crippen molar-refractivity contribution in [1.29, 1.82) is 5.41 Å². The third-order valence-corrected chi connectivity index (χ3v) is 1.25. The van der Waals surface area contributed by atoms with E-state index in [1.807, 2.05) is 6.92 Å². The summed E-state index contributed by atoms with van der Waals surface area (Å²) < 4.78 is 0. The molecule has 0 aliphatic rings. The number of nitrogens with zero attached hydrogens (tertiary/aromatic N) is 3. The van der Waals surface area contributed by atoms with E-state index in [-0.39, 0.29) is 5.92 Å². The van der Waals surface area contributed by atoms with E-state index in [1.54, 1.807) is 24.8 Å². The molecule has 0 amide bonds. The van der Waals surface area contributed by atoms with Gasteiger partial charge in [-0.05, 0) is 0 Å². The van der Waals surface area contributed by atoms with Crippen molar-refractivity contribution in [3.05, 3.63) is 18.6 Å². The maximum absolute atomic E-state index is 6.92. The van der Waals surface area contributed by atoms with Crippen molar-refractivity contribution in [3.8, 4) is 0 Å². The molecule has 0 spiro atoms. The van der Waals surface area contributed by atoms with Crippen LogP contribution in [0.3, 0.4) is 0 Å². The first-order valence-corrected chi connectivity index (χ1v) is 3.63. The Morgan fingerprint density at radius 3 is 3.00 bits per heavy atom. The van der Waals surface area contributed by atoms with E-state index >= 15 is 0 Å². The van der Waals surface area contributed by atoms with Gasteiger partial charge in [0.2, 0.25) is 0 Å². The fourth-order valence-corrected chi connectivity index (χ4v) is 0.595. The van der Waals surface area contributed by atoms with Gasteiger partial charge in [-0.2, -0.15) is 0 Å². The van der Waals surface area contributed by atoms with E-state index in [0.29, 0.717) is 5.82 Å². The Morgan fingerprint density at radius 1 is 1.58 bits per heavy atom. The van der Waals surface area contributed by atoms with Gasteiger partial charge in [0.05, 0.1) is 6.20 Å². The Kier molecular flexibility index (Phi) is 3.07. The van der Waals surface area contributed by atoms with Gasteiger partial charge in [-0.15, -0.1) is 0 Å². The van der Waals surface area contributed by atoms with Crippen LogP contribution >= 0.6 is 0 Å². The van der Waals surface area contributed by atoms with Crippen LogP contribution in [0.1, 0.15) is 6.92 Å². The van der Waals surface area contributed by atoms with Crippen LogP contribution in [0, 0.1) is 11.3 Å². The molecule has 1 N–H and O–H groups in total. The maximum Gasteiger partial charge on any atom is 0.170 e. The highest BCUT2D eigenvalue weighted by Gasteiger charge is 1.90. The predicted molar refractivity (Wildman–Crippen MR) is 48.1 cm³/mol. The molecule has 0 fully saturated rings. The largest absolute Gasteiger partial charge is 0.312 e. The van der Waals surface area contributed by atoms with Crippen molar-refractivity contribution in [1.82, 2.24) is 9.97 Å². The second-order valence-electron chi connectivity index (χ2n) is 2.37. The standard InChI is InChI=1S/C8H10N4/c1-7(4-9)5-12-8-6-10-2-3-11-8/h2-7,9H,1H3. The summed E-state index contributed by atoms with van der Waals surface area (Å²) in [6.45, 7) is 1.88. The van der Waals surface area contributed by atoms with E-state index in [2.05, 4.69) is 15.0 Å². The third kappa shape index (κ3) is 2.57. The van der Waals surface area contributed by atoms with Crippen LogP contribution in [0.4, 0.5) is 5.82 Å². The number of aromatic nitrogens is 2. The monoisotopic (exact) mass is 162 g/mol. The SMILES string of the molecule is CC(C=N)C=Nc1cnccn1. The molecule has 1 atom stereocenters. The summed E-state index contributed by atoms with van der Waals surface area (Å²) in [5.41, 5.74) is 0. The minimum absolute atomic E-state index is 0.0482. The lowest BCUT2D eigenvalue weighted by Gasteiger charge is -1.93. The molecule has 1 aromatic heterocycles. The molecule has 62 valence electrons. The van der Waals surface area contributed by atoms with Gasteiger partial charge in [-0.3, -0.25) is 4.98 Å². The zero-order chi connectivity index (χ0) is 8.81. The average Bonchev–Trinajstić information content (AvgIpc) is 2.16. The Labute approximate surface area is 70.9 Å². The lowest BCUT2D eigenvalue weighted by atomic mass is 10.2. The van der Waals surface area contributed by atoms with Crippen molar-refractivity contribution in [2.45, 2.75) is 6.92 Å². The second kappa shape index (κ2) is 4.33. The van der Waals surface area contributed by atoms with Crippen LogP contribution in [0.2, 0.25) is 0 Å². The third-order valence-electron chi connectivity index (χ3n) is 1.25. The minimum atomic E-state index is 0.0482. The highest BCUT2D eigenvalue weighted by molar-refractivity contribution is 5.82. The lowest BCUT2D eigenvalue weighted by Crippen LogP contribution is -1.94. The highest BCUT2D eigenvalue weighted by atomic mass is 14.9. The molecular formula is C8H10N4. The van der Waals surface area contributed by atoms with Crippen LogP contribution in [-0.2, 0) is 0 Å². The lowest BCUT2D eigenvalue weighted by molar-refractivity contribution is 1.09. The minimum Gasteiger partial charge on any atom is -0.312 e. The van der Waals surface area contributed by atoms with Gasteiger partial charge < -0.3 is 5.41 Å². The van der Waals surface area contributed by atoms with Gasteiger partial charge in [0.15, 0.2) is 5.82 Å². The normalized spacial score (nSPS) is 13.1. The first-order valence-electron chi connectivity index (χ1n) is 3.63. The molecule has 0 saturated carbocycles. The van der Waals surface area contributed by atoms with Gasteiger partial charge in [0.25, 0.3) is 0 Å². The summed E-state index contributed by atoms with van der Waals surface area (Å²) in [4.78, 5) is 11.8. The molecule has 0 radical (unpaired) electrons. The molecule has 12 heavy (non-hydrogen) atoms. The molecule has 0 aliphatic carbocycles. The Bertz CT molecular complexity index is 268. The van der Waals surface area contributed by atoms with Crippen molar-refractivity contribution >= 4 is 18.2 Å². The van der Waals surface area contributed by atoms with Crippen molar-refractivity contribution < 1.29 is 0 Å². The van der Waals surface area contributed by atoms with E-state index < -0.39 is 0 Å². The first-order chi connectivity index (χ1) is 5.83. The smallest absolute Gasteiger partial charge is 0.170 e. The zero-order valence-corrected chi connectivity index (χ0v) is 6.81. The number of nitrogens with one attached hydrogen (secondary N) is 1. The molecule has 0 bridgehead atoms. The van der Waals surface area contributed by atoms with Crippen molar-refractivity contribution in [2.24, 2.45) is 10.9 Å². The molecule has 0 saturated heterocycles. The predicted octanol–water partition coefficient (Wildman–Crippen LogP) is 1.46. The van der Waals surface area contributed by atoms with E-state index in [0.717, 1.165) is 0 Å². The van der Waals surface area contributed by atoms with Crippen molar-refractivity contribution in [3.63, 3.8) is 0 Å². The summed E-state index contributed by atoms with van der Waals surface area (Å²) in [5, 5.41) is 6.92. The number of rotatable bonds is 3. The highest BCUT2D eigenvalue weighted by Crippen LogP contribution is 2.01. The molecule has 4 heteroatoms. The second-order valence-corrected chi connectivity index (χ2v) is 2.37. The molecule has 1 heterocycles. The topological polar surface area (TPSA) is 62.0 Å². The average molecular weight is 162 g/mol. The van der Waals surface area contributed by atoms with Crippen LogP contribution < -0.4 is 0 Å². The summed E-state index contributed by atoms with van der Waals surface area (Å²) in [6, 6.07) is 0. The maximum atomic E-state index is 6.92. The van der Waals surface area contributed by atoms with Crippen LogP contribution in [0.25, 0.3) is 0 Å². The molecule has 1 rings (SSSR count). The Morgan fingerprint density at radius 2 is 2.42 bits per heavy atom. The molecule has 0 aromatic carbocycles. The van der Waals surface area contributed by atoms with Crippen molar-refractivity contribution in [2.75, 3.05) is 0 Å². The fraction of sp³-hybridized carbons (Fsp3) is 0.250. The van der Waals surface area contributed by atoms with Crippen LogP contribution in [0.5, 0.6) is 0 Å². The van der Waals surface area contributed by atoms with Gasteiger partial charge in [0, 0.05) is 30.7 Å². The number of aliphatic imine (C=N–C) groups is 1. The first kappa shape index (κ1) is 8.52. The summed E-state index contributed by atoms with van der Waals surface area (Å²) >= 11 is 0. The molecule has 1 unspecified atom stereocenters. The van der Waals surface area contributed by atoms with E-state index in [4.69, 9.17) is 5.41 Å². The van der Waals surface area contributed by atoms with Gasteiger partial charge in [-0.1, -0.05) is 6.92 Å². The quantitative estimate of drug-likeness (QED) is 0.684. The number of hydrogen-bond donors (Lipinski definition) is 1. The molecule has 4 nitrogen and oxygen atoms in total. The number of hydrogen-bond acceptors (Lipinski definition) is 4. The van der Waals surface area contributed by atoms with E-state index in [1.165, 1.54) is 6.21 Å². The zero-order valence-electron chi connectivity index (χ0n) is 6.81. The summed E-state index contributed by atoms with van der Waals surface area (Å²) in [5.74, 6) is 0.623. The molecule has 1 aromatic rings. The van der Waals surface area contributed by atoms with Crippen LogP contribution in [0.15, 0.2) is 23.6 Å². The van der Waals surface area contributed by atoms with Gasteiger partial charge in [0.1, 0.15) is 0 Å². The van der Waals surface area contributed by atoms with Gasteiger partial charge >= 0.3 is 0 Å². The summed E-state index contributed by atoms with van der Waals surface area (Å²) in [7, 11) is 0. The molecular weight excluding hydrogens is 152 g/mol.